The zero-order valence-corrected chi connectivity index (χ0v) is 11.8. The molecule has 0 aromatic carbocycles. The summed E-state index contributed by atoms with van der Waals surface area (Å²) >= 11 is 6.22. The molecule has 1 aliphatic rings. The lowest BCUT2D eigenvalue weighted by molar-refractivity contribution is 0.652. The molecule has 0 saturated carbocycles. The van der Waals surface area contributed by atoms with Crippen molar-refractivity contribution in [3.63, 3.8) is 0 Å². The van der Waals surface area contributed by atoms with Crippen LogP contribution in [0.25, 0.3) is 5.82 Å². The van der Waals surface area contributed by atoms with Gasteiger partial charge in [0.25, 0.3) is 0 Å². The van der Waals surface area contributed by atoms with Crippen LogP contribution in [0.15, 0.2) is 12.7 Å². The van der Waals surface area contributed by atoms with Crippen LogP contribution in [0, 0.1) is 0 Å². The molecular weight excluding hydrogens is 260 g/mol. The van der Waals surface area contributed by atoms with Gasteiger partial charge in [-0.25, -0.2) is 15.0 Å². The third-order valence-corrected chi connectivity index (χ3v) is 3.95. The number of aryl methyl sites for hydroxylation is 1. The Morgan fingerprint density at radius 1 is 1.21 bits per heavy atom. The first kappa shape index (κ1) is 12.6. The molecule has 19 heavy (non-hydrogen) atoms. The molecule has 0 N–H and O–H groups in total. The number of hydrogen-bond donors (Lipinski definition) is 0. The first-order valence-corrected chi connectivity index (χ1v) is 7.24. The van der Waals surface area contributed by atoms with Crippen LogP contribution in [0.3, 0.4) is 0 Å². The molecular formula is C14H17ClN4. The van der Waals surface area contributed by atoms with Gasteiger partial charge in [-0.1, -0.05) is 24.9 Å². The molecule has 4 nitrogen and oxygen atoms in total. The van der Waals surface area contributed by atoms with Crippen molar-refractivity contribution in [1.29, 1.82) is 0 Å². The van der Waals surface area contributed by atoms with E-state index in [4.69, 9.17) is 11.6 Å². The summed E-state index contributed by atoms with van der Waals surface area (Å²) in [5.41, 5.74) is 3.53. The van der Waals surface area contributed by atoms with Crippen molar-refractivity contribution in [3.8, 4) is 5.82 Å². The molecule has 2 aromatic heterocycles. The number of rotatable bonds is 3. The highest BCUT2D eigenvalue weighted by molar-refractivity contribution is 6.30. The maximum absolute atomic E-state index is 6.22. The Bertz CT molecular complexity index is 591. The molecule has 2 heterocycles. The fourth-order valence-corrected chi connectivity index (χ4v) is 2.93. The lowest BCUT2D eigenvalue weighted by Gasteiger charge is -2.15. The molecule has 0 atom stereocenters. The van der Waals surface area contributed by atoms with E-state index in [0.717, 1.165) is 37.1 Å². The van der Waals surface area contributed by atoms with E-state index in [2.05, 4.69) is 26.4 Å². The van der Waals surface area contributed by atoms with Gasteiger partial charge in [0.15, 0.2) is 0 Å². The maximum atomic E-state index is 6.22. The van der Waals surface area contributed by atoms with Gasteiger partial charge < -0.3 is 0 Å². The third-order valence-electron chi connectivity index (χ3n) is 3.63. The fraction of sp³-hybridized carbons (Fsp3) is 0.500. The quantitative estimate of drug-likeness (QED) is 0.809. The lowest BCUT2D eigenvalue weighted by Crippen LogP contribution is -2.10. The van der Waals surface area contributed by atoms with E-state index in [0.29, 0.717) is 5.15 Å². The number of nitrogens with zero attached hydrogens (tertiary/aromatic N) is 4. The summed E-state index contributed by atoms with van der Waals surface area (Å²) in [4.78, 5) is 13.1. The molecule has 3 rings (SSSR count). The third kappa shape index (κ3) is 2.25. The zero-order chi connectivity index (χ0) is 13.2. The molecule has 100 valence electrons. The van der Waals surface area contributed by atoms with Gasteiger partial charge in [-0.05, 0) is 32.1 Å². The molecule has 0 unspecified atom stereocenters. The van der Waals surface area contributed by atoms with E-state index < -0.39 is 0 Å². The second-order valence-corrected chi connectivity index (χ2v) is 5.29. The van der Waals surface area contributed by atoms with Crippen LogP contribution in [-0.4, -0.2) is 19.5 Å². The van der Waals surface area contributed by atoms with Gasteiger partial charge in [0.2, 0.25) is 0 Å². The second kappa shape index (κ2) is 5.29. The SMILES string of the molecule is CCCc1c(Cl)ncnc1-n1cnc2c1CCCC2. The second-order valence-electron chi connectivity index (χ2n) is 4.93. The van der Waals surface area contributed by atoms with Gasteiger partial charge >= 0.3 is 0 Å². The Morgan fingerprint density at radius 2 is 2.05 bits per heavy atom. The minimum absolute atomic E-state index is 0.560. The van der Waals surface area contributed by atoms with E-state index in [-0.39, 0.29) is 0 Å². The largest absolute Gasteiger partial charge is 0.287 e. The smallest absolute Gasteiger partial charge is 0.146 e. The summed E-state index contributed by atoms with van der Waals surface area (Å²) in [6.07, 6.45) is 9.93. The summed E-state index contributed by atoms with van der Waals surface area (Å²) in [5, 5.41) is 0.560. The number of halogens is 1. The molecule has 0 aliphatic heterocycles. The Labute approximate surface area is 117 Å². The Balaban J connectivity index is 2.11. The molecule has 0 saturated heterocycles. The Kier molecular flexibility index (Phi) is 3.51. The van der Waals surface area contributed by atoms with Crippen LogP contribution in [0.4, 0.5) is 0 Å². The number of fused-ring (bicyclic) bond motifs is 1. The van der Waals surface area contributed by atoms with E-state index in [1.165, 1.54) is 30.6 Å². The molecule has 5 heteroatoms. The van der Waals surface area contributed by atoms with Crippen LogP contribution >= 0.6 is 11.6 Å². The number of aromatic nitrogens is 4. The highest BCUT2D eigenvalue weighted by Gasteiger charge is 2.19. The van der Waals surface area contributed by atoms with Crippen molar-refractivity contribution in [2.45, 2.75) is 45.4 Å². The van der Waals surface area contributed by atoms with Crippen molar-refractivity contribution in [3.05, 3.63) is 34.8 Å². The standard InChI is InChI=1S/C14H17ClN4/c1-2-5-10-13(15)16-8-17-14(10)19-9-18-11-6-3-4-7-12(11)19/h8-9H,2-7H2,1H3. The minimum atomic E-state index is 0.560. The highest BCUT2D eigenvalue weighted by atomic mass is 35.5. The molecule has 2 aromatic rings. The van der Waals surface area contributed by atoms with E-state index in [9.17, 15) is 0 Å². The lowest BCUT2D eigenvalue weighted by atomic mass is 10.0. The molecule has 0 amide bonds. The van der Waals surface area contributed by atoms with Crippen LogP contribution in [0.1, 0.15) is 43.1 Å². The van der Waals surface area contributed by atoms with Gasteiger partial charge in [-0.15, -0.1) is 0 Å². The molecule has 0 bridgehead atoms. The van der Waals surface area contributed by atoms with Gasteiger partial charge in [0.05, 0.1) is 5.69 Å². The topological polar surface area (TPSA) is 43.6 Å². The summed E-state index contributed by atoms with van der Waals surface area (Å²) in [7, 11) is 0. The average Bonchev–Trinajstić information content (AvgIpc) is 2.85. The van der Waals surface area contributed by atoms with Crippen molar-refractivity contribution in [2.75, 3.05) is 0 Å². The summed E-state index contributed by atoms with van der Waals surface area (Å²) in [6.45, 7) is 2.14. The summed E-state index contributed by atoms with van der Waals surface area (Å²) < 4.78 is 2.10. The van der Waals surface area contributed by atoms with Crippen LogP contribution < -0.4 is 0 Å². The zero-order valence-electron chi connectivity index (χ0n) is 11.1. The minimum Gasteiger partial charge on any atom is -0.287 e. The molecule has 0 fully saturated rings. The van der Waals surface area contributed by atoms with Crippen LogP contribution in [0.2, 0.25) is 5.15 Å². The van der Waals surface area contributed by atoms with Gasteiger partial charge in [0.1, 0.15) is 23.6 Å². The number of hydrogen-bond acceptors (Lipinski definition) is 3. The van der Waals surface area contributed by atoms with Crippen molar-refractivity contribution in [2.24, 2.45) is 0 Å². The van der Waals surface area contributed by atoms with E-state index in [1.54, 1.807) is 0 Å². The Hall–Kier alpha value is -1.42. The Morgan fingerprint density at radius 3 is 2.89 bits per heavy atom. The van der Waals surface area contributed by atoms with E-state index in [1.807, 2.05) is 6.33 Å². The normalized spacial score (nSPS) is 14.4. The predicted octanol–water partition coefficient (Wildman–Crippen LogP) is 3.15. The highest BCUT2D eigenvalue weighted by Crippen LogP contribution is 2.26. The van der Waals surface area contributed by atoms with Gasteiger partial charge in [0, 0.05) is 11.3 Å². The van der Waals surface area contributed by atoms with Gasteiger partial charge in [-0.3, -0.25) is 4.57 Å². The van der Waals surface area contributed by atoms with Crippen LogP contribution in [-0.2, 0) is 19.3 Å². The first-order valence-electron chi connectivity index (χ1n) is 6.86. The monoisotopic (exact) mass is 276 g/mol. The number of imidazole rings is 1. The summed E-state index contributed by atoms with van der Waals surface area (Å²) in [5.74, 6) is 0.900. The molecule has 0 radical (unpaired) electrons. The molecule has 1 aliphatic carbocycles. The van der Waals surface area contributed by atoms with Crippen LogP contribution in [0.5, 0.6) is 0 Å². The van der Waals surface area contributed by atoms with Crippen molar-refractivity contribution < 1.29 is 0 Å². The van der Waals surface area contributed by atoms with Gasteiger partial charge in [-0.2, -0.15) is 0 Å². The van der Waals surface area contributed by atoms with E-state index >= 15 is 0 Å². The van der Waals surface area contributed by atoms with Crippen molar-refractivity contribution in [1.82, 2.24) is 19.5 Å². The maximum Gasteiger partial charge on any atom is 0.146 e. The fourth-order valence-electron chi connectivity index (χ4n) is 2.71. The average molecular weight is 277 g/mol. The molecule has 0 spiro atoms. The first-order chi connectivity index (χ1) is 9.31. The van der Waals surface area contributed by atoms with Crippen molar-refractivity contribution >= 4 is 11.6 Å². The predicted molar refractivity (Wildman–Crippen MR) is 74.8 cm³/mol. The summed E-state index contributed by atoms with van der Waals surface area (Å²) in [6, 6.07) is 0.